The van der Waals surface area contributed by atoms with Gasteiger partial charge in [-0.15, -0.1) is 0 Å². The Kier molecular flexibility index (Phi) is 8.20. The zero-order valence-electron chi connectivity index (χ0n) is 15.5. The Bertz CT molecular complexity index is 758. The van der Waals surface area contributed by atoms with E-state index in [0.29, 0.717) is 19.4 Å². The van der Waals surface area contributed by atoms with E-state index in [1.807, 2.05) is 0 Å². The van der Waals surface area contributed by atoms with Gasteiger partial charge < -0.3 is 15.5 Å². The summed E-state index contributed by atoms with van der Waals surface area (Å²) in [6.07, 6.45) is 5.68. The summed E-state index contributed by atoms with van der Waals surface area (Å²) < 4.78 is 13.5. The van der Waals surface area contributed by atoms with Gasteiger partial charge in [0.1, 0.15) is 6.04 Å². The van der Waals surface area contributed by atoms with Gasteiger partial charge in [-0.05, 0) is 30.5 Å². The normalized spacial score (nSPS) is 17.0. The molecule has 1 saturated heterocycles. The fourth-order valence-corrected chi connectivity index (χ4v) is 3.08. The number of Topliss-reactive ketones (excluding diaryl/α,β-unsaturated/α-hetero) is 1. The molecule has 1 aromatic heterocycles. The number of hydrogen-bond acceptors (Lipinski definition) is 6. The predicted molar refractivity (Wildman–Crippen MR) is 101 cm³/mol. The van der Waals surface area contributed by atoms with Gasteiger partial charge in [-0.3, -0.25) is 24.2 Å². The number of carbonyl (C=O) groups is 4. The number of amides is 3. The lowest BCUT2D eigenvalue weighted by Crippen LogP contribution is -2.50. The van der Waals surface area contributed by atoms with Crippen LogP contribution in [0.3, 0.4) is 0 Å². The van der Waals surface area contributed by atoms with Crippen LogP contribution < -0.4 is 15.4 Å². The molecule has 0 radical (unpaired) electrons. The van der Waals surface area contributed by atoms with Gasteiger partial charge in [-0.1, -0.05) is 0 Å². The van der Waals surface area contributed by atoms with Gasteiger partial charge in [0.25, 0.3) is 5.91 Å². The number of nitrogens with one attached hydrogen (secondary N) is 3. The minimum atomic E-state index is -1.33. The molecule has 1 fully saturated rings. The van der Waals surface area contributed by atoms with Gasteiger partial charge in [0.2, 0.25) is 17.6 Å². The lowest BCUT2D eigenvalue weighted by atomic mass is 10.2. The lowest BCUT2D eigenvalue weighted by molar-refractivity contribution is -0.140. The summed E-state index contributed by atoms with van der Waals surface area (Å²) in [6.45, 7) is 0.00701. The third-order valence-corrected chi connectivity index (χ3v) is 4.73. The Balaban J connectivity index is 1.78. The zero-order chi connectivity index (χ0) is 20.5. The van der Waals surface area contributed by atoms with E-state index in [0.717, 1.165) is 5.56 Å². The van der Waals surface area contributed by atoms with Crippen molar-refractivity contribution in [1.29, 1.82) is 0 Å². The van der Waals surface area contributed by atoms with Gasteiger partial charge in [-0.2, -0.15) is 0 Å². The summed E-state index contributed by atoms with van der Waals surface area (Å²) in [5.41, 5.74) is 0.793. The molecule has 0 spiro atoms. The molecule has 3 amide bonds. The molecule has 2 heterocycles. The monoisotopic (exact) mass is 409 g/mol. The Morgan fingerprint density at radius 3 is 2.57 bits per heavy atom. The van der Waals surface area contributed by atoms with Crippen molar-refractivity contribution in [2.45, 2.75) is 25.4 Å². The first kappa shape index (κ1) is 21.6. The molecule has 1 aliphatic heterocycles. The number of pyridine rings is 1. The Morgan fingerprint density at radius 1 is 1.18 bits per heavy atom. The molecule has 0 saturated carbocycles. The molecule has 152 valence electrons. The zero-order valence-corrected chi connectivity index (χ0v) is 16.3. The SMILES string of the molecule is CS(=O)NCC(=O)N1CCCC1C(=O)NCC(=O)C(=O)NCc1ccncc1. The summed E-state index contributed by atoms with van der Waals surface area (Å²) in [6, 6.07) is 2.72. The first-order valence-electron chi connectivity index (χ1n) is 8.72. The molecule has 2 unspecified atom stereocenters. The van der Waals surface area contributed by atoms with E-state index in [-0.39, 0.29) is 19.0 Å². The molecule has 28 heavy (non-hydrogen) atoms. The van der Waals surface area contributed by atoms with Crippen LogP contribution in [-0.4, -0.2) is 69.5 Å². The van der Waals surface area contributed by atoms with E-state index in [4.69, 9.17) is 0 Å². The van der Waals surface area contributed by atoms with Crippen LogP contribution in [0.15, 0.2) is 24.5 Å². The molecule has 0 aliphatic carbocycles. The smallest absolute Gasteiger partial charge is 0.289 e. The summed E-state index contributed by atoms with van der Waals surface area (Å²) in [5, 5.41) is 4.90. The summed E-state index contributed by atoms with van der Waals surface area (Å²) in [4.78, 5) is 53.5. The highest BCUT2D eigenvalue weighted by Crippen LogP contribution is 2.17. The van der Waals surface area contributed by atoms with Gasteiger partial charge in [-0.25, -0.2) is 8.93 Å². The molecule has 10 nitrogen and oxygen atoms in total. The van der Waals surface area contributed by atoms with Crippen molar-refractivity contribution >= 4 is 34.5 Å². The highest BCUT2D eigenvalue weighted by atomic mass is 32.2. The van der Waals surface area contributed by atoms with Crippen LogP contribution in [0.1, 0.15) is 18.4 Å². The number of carbonyl (C=O) groups excluding carboxylic acids is 4. The molecular formula is C17H23N5O5S. The number of hydrogen-bond donors (Lipinski definition) is 3. The third-order valence-electron chi connectivity index (χ3n) is 4.18. The van der Waals surface area contributed by atoms with E-state index in [2.05, 4.69) is 20.3 Å². The first-order valence-corrected chi connectivity index (χ1v) is 10.3. The maximum absolute atomic E-state index is 12.3. The number of likely N-dealkylation sites (tertiary alicyclic amines) is 1. The van der Waals surface area contributed by atoms with Crippen molar-refractivity contribution in [1.82, 2.24) is 25.2 Å². The third kappa shape index (κ3) is 6.50. The van der Waals surface area contributed by atoms with E-state index < -0.39 is 41.2 Å². The highest BCUT2D eigenvalue weighted by Gasteiger charge is 2.34. The molecule has 0 aromatic carbocycles. The average Bonchev–Trinajstić information content (AvgIpc) is 3.19. The van der Waals surface area contributed by atoms with Crippen molar-refractivity contribution < 1.29 is 23.4 Å². The van der Waals surface area contributed by atoms with E-state index in [9.17, 15) is 23.4 Å². The Labute approximate surface area is 165 Å². The summed E-state index contributed by atoms with van der Waals surface area (Å²) >= 11 is 0. The number of aromatic nitrogens is 1. The number of nitrogens with zero attached hydrogens (tertiary/aromatic N) is 2. The van der Waals surface area contributed by atoms with E-state index in [1.54, 1.807) is 24.5 Å². The van der Waals surface area contributed by atoms with Crippen molar-refractivity contribution in [3.05, 3.63) is 30.1 Å². The van der Waals surface area contributed by atoms with Crippen LogP contribution in [0.4, 0.5) is 0 Å². The first-order chi connectivity index (χ1) is 13.4. The van der Waals surface area contributed by atoms with Crippen molar-refractivity contribution in [2.75, 3.05) is 25.9 Å². The van der Waals surface area contributed by atoms with Crippen LogP contribution in [0.5, 0.6) is 0 Å². The van der Waals surface area contributed by atoms with Crippen molar-refractivity contribution in [2.24, 2.45) is 0 Å². The lowest BCUT2D eigenvalue weighted by Gasteiger charge is -2.23. The fourth-order valence-electron chi connectivity index (χ4n) is 2.75. The molecule has 3 N–H and O–H groups in total. The summed E-state index contributed by atoms with van der Waals surface area (Å²) in [7, 11) is -1.33. The Hall–Kier alpha value is -2.66. The molecule has 1 aliphatic rings. The van der Waals surface area contributed by atoms with Crippen molar-refractivity contribution in [3.63, 3.8) is 0 Å². The second kappa shape index (κ2) is 10.6. The van der Waals surface area contributed by atoms with Crippen LogP contribution in [-0.2, 0) is 36.7 Å². The van der Waals surface area contributed by atoms with Crippen LogP contribution >= 0.6 is 0 Å². The second-order valence-corrected chi connectivity index (χ2v) is 7.40. The number of ketones is 1. The molecular weight excluding hydrogens is 386 g/mol. The average molecular weight is 409 g/mol. The highest BCUT2D eigenvalue weighted by molar-refractivity contribution is 7.82. The summed E-state index contributed by atoms with van der Waals surface area (Å²) in [5.74, 6) is -2.40. The van der Waals surface area contributed by atoms with Crippen LogP contribution in [0, 0.1) is 0 Å². The quantitative estimate of drug-likeness (QED) is 0.414. The molecule has 2 atom stereocenters. The van der Waals surface area contributed by atoms with Crippen LogP contribution in [0.25, 0.3) is 0 Å². The second-order valence-electron chi connectivity index (χ2n) is 6.20. The van der Waals surface area contributed by atoms with Gasteiger partial charge >= 0.3 is 0 Å². The van der Waals surface area contributed by atoms with Crippen molar-refractivity contribution in [3.8, 4) is 0 Å². The Morgan fingerprint density at radius 2 is 1.89 bits per heavy atom. The van der Waals surface area contributed by atoms with Gasteiger partial charge in [0.05, 0.1) is 24.1 Å². The van der Waals surface area contributed by atoms with E-state index in [1.165, 1.54) is 11.2 Å². The largest absolute Gasteiger partial charge is 0.347 e. The van der Waals surface area contributed by atoms with Crippen LogP contribution in [0.2, 0.25) is 0 Å². The molecule has 0 bridgehead atoms. The maximum atomic E-state index is 12.3. The topological polar surface area (TPSA) is 138 Å². The molecule has 2 rings (SSSR count). The minimum absolute atomic E-state index is 0.136. The van der Waals surface area contributed by atoms with E-state index >= 15 is 0 Å². The maximum Gasteiger partial charge on any atom is 0.289 e. The number of rotatable bonds is 9. The molecule has 1 aromatic rings. The standard InChI is InChI=1S/C17H23N5O5S/c1-28(27)21-11-15(24)22-8-2-3-13(22)16(25)20-10-14(23)17(26)19-9-12-4-6-18-7-5-12/h4-7,13,21H,2-3,8-11H2,1H3,(H,19,26)(H,20,25). The van der Waals surface area contributed by atoms with Gasteiger partial charge in [0.15, 0.2) is 0 Å². The predicted octanol–water partition coefficient (Wildman–Crippen LogP) is -1.74. The van der Waals surface area contributed by atoms with Gasteiger partial charge in [0, 0.05) is 31.7 Å². The fraction of sp³-hybridized carbons (Fsp3) is 0.471. The molecule has 11 heteroatoms. The minimum Gasteiger partial charge on any atom is -0.347 e.